The molecule has 0 aromatic carbocycles. The number of rotatable bonds is 4. The third kappa shape index (κ3) is 3.01. The third-order valence-corrected chi connectivity index (χ3v) is 4.34. The molecular formula is C14H24N2O3. The van der Waals surface area contributed by atoms with Gasteiger partial charge in [-0.1, -0.05) is 13.8 Å². The molecule has 0 radical (unpaired) electrons. The van der Waals surface area contributed by atoms with Gasteiger partial charge in [0.1, 0.15) is 6.61 Å². The Bertz CT molecular complexity index is 334. The van der Waals surface area contributed by atoms with Gasteiger partial charge < -0.3 is 14.5 Å². The maximum Gasteiger partial charge on any atom is 0.410 e. The second-order valence-electron chi connectivity index (χ2n) is 5.38. The molecule has 2 amide bonds. The summed E-state index contributed by atoms with van der Waals surface area (Å²) >= 11 is 0. The summed E-state index contributed by atoms with van der Waals surface area (Å²) in [5.41, 5.74) is 0. The van der Waals surface area contributed by atoms with Gasteiger partial charge in [-0.15, -0.1) is 0 Å². The zero-order chi connectivity index (χ0) is 13.8. The molecule has 0 aromatic rings. The molecule has 0 bridgehead atoms. The highest BCUT2D eigenvalue weighted by Crippen LogP contribution is 2.22. The fraction of sp³-hybridized carbons (Fsp3) is 0.857. The van der Waals surface area contributed by atoms with E-state index in [0.29, 0.717) is 13.2 Å². The van der Waals surface area contributed by atoms with Crippen LogP contribution in [0.25, 0.3) is 0 Å². The predicted octanol–water partition coefficient (Wildman–Crippen LogP) is 1.87. The molecule has 0 spiro atoms. The molecule has 0 saturated carbocycles. The van der Waals surface area contributed by atoms with Crippen molar-refractivity contribution in [3.05, 3.63) is 0 Å². The highest BCUT2D eigenvalue weighted by atomic mass is 16.6. The van der Waals surface area contributed by atoms with Gasteiger partial charge in [-0.2, -0.15) is 0 Å². The fourth-order valence-corrected chi connectivity index (χ4v) is 3.03. The summed E-state index contributed by atoms with van der Waals surface area (Å²) in [7, 11) is 0. The summed E-state index contributed by atoms with van der Waals surface area (Å²) in [5, 5.41) is 0. The molecule has 2 aliphatic heterocycles. The van der Waals surface area contributed by atoms with Crippen LogP contribution in [0.1, 0.15) is 39.5 Å². The Labute approximate surface area is 114 Å². The van der Waals surface area contributed by atoms with E-state index in [2.05, 4.69) is 13.8 Å². The van der Waals surface area contributed by atoms with Gasteiger partial charge in [0.15, 0.2) is 0 Å². The first-order valence-electron chi connectivity index (χ1n) is 7.39. The fourth-order valence-electron chi connectivity index (χ4n) is 3.03. The van der Waals surface area contributed by atoms with Crippen molar-refractivity contribution in [1.29, 1.82) is 0 Å². The molecular weight excluding hydrogens is 244 g/mol. The number of carbonyl (C=O) groups is 2. The monoisotopic (exact) mass is 268 g/mol. The topological polar surface area (TPSA) is 49.9 Å². The van der Waals surface area contributed by atoms with Gasteiger partial charge >= 0.3 is 6.09 Å². The number of piperidine rings is 1. The van der Waals surface area contributed by atoms with Crippen molar-refractivity contribution in [3.8, 4) is 0 Å². The van der Waals surface area contributed by atoms with Crippen LogP contribution in [-0.2, 0) is 9.53 Å². The van der Waals surface area contributed by atoms with E-state index in [-0.39, 0.29) is 24.0 Å². The van der Waals surface area contributed by atoms with Crippen molar-refractivity contribution in [3.63, 3.8) is 0 Å². The average molecular weight is 268 g/mol. The Morgan fingerprint density at radius 3 is 2.37 bits per heavy atom. The number of ether oxygens (including phenoxy) is 1. The van der Waals surface area contributed by atoms with Crippen LogP contribution >= 0.6 is 0 Å². The summed E-state index contributed by atoms with van der Waals surface area (Å²) in [6.07, 6.45) is 3.38. The molecule has 0 atom stereocenters. The zero-order valence-electron chi connectivity index (χ0n) is 11.9. The summed E-state index contributed by atoms with van der Waals surface area (Å²) in [5.74, 6) is 0.445. The molecule has 2 heterocycles. The summed E-state index contributed by atoms with van der Waals surface area (Å²) in [6, 6.07) is 0.251. The van der Waals surface area contributed by atoms with Crippen molar-refractivity contribution in [2.24, 2.45) is 5.92 Å². The number of hydrogen-bond acceptors (Lipinski definition) is 3. The van der Waals surface area contributed by atoms with Crippen molar-refractivity contribution in [1.82, 2.24) is 9.80 Å². The lowest BCUT2D eigenvalue weighted by Gasteiger charge is -2.36. The standard InChI is InChI=1S/C14H24N2O3/c1-3-11(4-2)13(17)15-7-5-12(6-8-15)16-9-10-19-14(16)18/h11-12H,3-10H2,1-2H3. The van der Waals surface area contributed by atoms with Gasteiger partial charge in [0, 0.05) is 25.0 Å². The number of carbonyl (C=O) groups excluding carboxylic acids is 2. The van der Waals surface area contributed by atoms with Crippen LogP contribution in [0.3, 0.4) is 0 Å². The number of nitrogens with zero attached hydrogens (tertiary/aromatic N) is 2. The minimum absolute atomic E-state index is 0.160. The van der Waals surface area contributed by atoms with Crippen molar-refractivity contribution in [2.45, 2.75) is 45.6 Å². The maximum absolute atomic E-state index is 12.3. The highest BCUT2D eigenvalue weighted by Gasteiger charge is 2.34. The van der Waals surface area contributed by atoms with Crippen LogP contribution < -0.4 is 0 Å². The molecule has 19 heavy (non-hydrogen) atoms. The van der Waals surface area contributed by atoms with Crippen LogP contribution in [-0.4, -0.2) is 54.1 Å². The molecule has 2 rings (SSSR count). The molecule has 108 valence electrons. The van der Waals surface area contributed by atoms with E-state index in [1.165, 1.54) is 0 Å². The summed E-state index contributed by atoms with van der Waals surface area (Å²) < 4.78 is 4.97. The maximum atomic E-state index is 12.3. The molecule has 0 N–H and O–H groups in total. The molecule has 0 unspecified atom stereocenters. The van der Waals surface area contributed by atoms with Crippen LogP contribution in [0, 0.1) is 5.92 Å². The number of likely N-dealkylation sites (tertiary alicyclic amines) is 1. The Morgan fingerprint density at radius 2 is 1.89 bits per heavy atom. The van der Waals surface area contributed by atoms with Crippen LogP contribution in [0.5, 0.6) is 0 Å². The van der Waals surface area contributed by atoms with E-state index in [1.54, 1.807) is 0 Å². The second-order valence-corrected chi connectivity index (χ2v) is 5.38. The lowest BCUT2D eigenvalue weighted by molar-refractivity contribution is -0.137. The predicted molar refractivity (Wildman–Crippen MR) is 71.7 cm³/mol. The van der Waals surface area contributed by atoms with E-state index in [1.807, 2.05) is 9.80 Å². The average Bonchev–Trinajstić information content (AvgIpc) is 2.86. The minimum Gasteiger partial charge on any atom is -0.448 e. The number of amides is 2. The van der Waals surface area contributed by atoms with Crippen LogP contribution in [0.4, 0.5) is 4.79 Å². The van der Waals surface area contributed by atoms with Crippen LogP contribution in [0.15, 0.2) is 0 Å². The van der Waals surface area contributed by atoms with Gasteiger partial charge in [0.25, 0.3) is 0 Å². The van der Waals surface area contributed by atoms with Crippen molar-refractivity contribution >= 4 is 12.0 Å². The Morgan fingerprint density at radius 1 is 1.26 bits per heavy atom. The number of hydrogen-bond donors (Lipinski definition) is 0. The molecule has 2 aliphatic rings. The quantitative estimate of drug-likeness (QED) is 0.782. The lowest BCUT2D eigenvalue weighted by Crippen LogP contribution is -2.48. The normalized spacial score (nSPS) is 21.1. The molecule has 2 saturated heterocycles. The van der Waals surface area contributed by atoms with Gasteiger partial charge in [-0.25, -0.2) is 4.79 Å². The first-order valence-corrected chi connectivity index (χ1v) is 7.39. The van der Waals surface area contributed by atoms with Crippen molar-refractivity contribution in [2.75, 3.05) is 26.2 Å². The smallest absolute Gasteiger partial charge is 0.410 e. The summed E-state index contributed by atoms with van der Waals surface area (Å²) in [4.78, 5) is 27.6. The Kier molecular flexibility index (Phi) is 4.66. The zero-order valence-corrected chi connectivity index (χ0v) is 11.9. The Balaban J connectivity index is 1.85. The summed E-state index contributed by atoms with van der Waals surface area (Å²) in [6.45, 7) is 6.88. The molecule has 2 fully saturated rings. The first-order chi connectivity index (χ1) is 9.17. The van der Waals surface area contributed by atoms with E-state index in [9.17, 15) is 9.59 Å². The van der Waals surface area contributed by atoms with E-state index >= 15 is 0 Å². The lowest BCUT2D eigenvalue weighted by atomic mass is 9.98. The van der Waals surface area contributed by atoms with Gasteiger partial charge in [0.2, 0.25) is 5.91 Å². The molecule has 5 nitrogen and oxygen atoms in total. The number of cyclic esters (lactones) is 1. The molecule has 5 heteroatoms. The van der Waals surface area contributed by atoms with Gasteiger partial charge in [-0.3, -0.25) is 4.79 Å². The third-order valence-electron chi connectivity index (χ3n) is 4.34. The SMILES string of the molecule is CCC(CC)C(=O)N1CCC(N2CCOC2=O)CC1. The van der Waals surface area contributed by atoms with Crippen molar-refractivity contribution < 1.29 is 14.3 Å². The largest absolute Gasteiger partial charge is 0.448 e. The molecule has 0 aromatic heterocycles. The van der Waals surface area contributed by atoms with Crippen LogP contribution in [0.2, 0.25) is 0 Å². The van der Waals surface area contributed by atoms with Gasteiger partial charge in [-0.05, 0) is 25.7 Å². The van der Waals surface area contributed by atoms with E-state index in [0.717, 1.165) is 38.8 Å². The molecule has 0 aliphatic carbocycles. The highest BCUT2D eigenvalue weighted by molar-refractivity contribution is 5.79. The minimum atomic E-state index is -0.190. The first kappa shape index (κ1) is 14.2. The second kappa shape index (κ2) is 6.26. The van der Waals surface area contributed by atoms with E-state index in [4.69, 9.17) is 4.74 Å². The van der Waals surface area contributed by atoms with E-state index < -0.39 is 0 Å². The Hall–Kier alpha value is -1.26. The van der Waals surface area contributed by atoms with Gasteiger partial charge in [0.05, 0.1) is 6.54 Å².